The molecular weight excluding hydrogens is 488 g/mol. The molecule has 1 aromatic heterocycles. The van der Waals surface area contributed by atoms with Crippen LogP contribution in [0.25, 0.3) is 11.3 Å². The van der Waals surface area contributed by atoms with E-state index >= 15 is 0 Å². The Hall–Kier alpha value is -3.46. The van der Waals surface area contributed by atoms with E-state index in [0.717, 1.165) is 41.6 Å². The van der Waals surface area contributed by atoms with Crippen molar-refractivity contribution < 1.29 is 19.1 Å². The Labute approximate surface area is 222 Å². The zero-order valence-corrected chi connectivity index (χ0v) is 22.6. The first-order chi connectivity index (χ1) is 18.0. The van der Waals surface area contributed by atoms with Gasteiger partial charge in [0, 0.05) is 30.3 Å². The summed E-state index contributed by atoms with van der Waals surface area (Å²) in [6, 6.07) is 15.6. The van der Waals surface area contributed by atoms with Crippen molar-refractivity contribution in [3.63, 3.8) is 0 Å². The monoisotopic (exact) mass is 522 g/mol. The molecule has 1 N–H and O–H groups in total. The Kier molecular flexibility index (Phi) is 8.76. The minimum Gasteiger partial charge on any atom is -0.497 e. The number of rotatable bonds is 10. The van der Waals surface area contributed by atoms with Crippen LogP contribution >= 0.6 is 11.8 Å². The molecule has 1 atom stereocenters. The van der Waals surface area contributed by atoms with Gasteiger partial charge in [0.15, 0.2) is 0 Å². The van der Waals surface area contributed by atoms with Crippen molar-refractivity contribution in [2.45, 2.75) is 31.4 Å². The largest absolute Gasteiger partial charge is 0.497 e. The first-order valence-corrected chi connectivity index (χ1v) is 13.6. The number of hydrogen-bond acceptors (Lipinski definition) is 6. The van der Waals surface area contributed by atoms with Crippen LogP contribution in [0.3, 0.4) is 0 Å². The van der Waals surface area contributed by atoms with Gasteiger partial charge in [0.25, 0.3) is 0 Å². The van der Waals surface area contributed by atoms with E-state index in [4.69, 9.17) is 14.6 Å². The Morgan fingerprint density at radius 3 is 2.62 bits per heavy atom. The molecule has 0 spiro atoms. The number of hydrogen-bond donors (Lipinski definition) is 1. The molecule has 0 aliphatic carbocycles. The van der Waals surface area contributed by atoms with Gasteiger partial charge >= 0.3 is 0 Å². The summed E-state index contributed by atoms with van der Waals surface area (Å²) in [5, 5.41) is 7.55. The number of anilines is 1. The number of ether oxygens (including phenoxy) is 2. The molecule has 1 aliphatic heterocycles. The van der Waals surface area contributed by atoms with E-state index < -0.39 is 0 Å². The molecule has 0 radical (unpaired) electrons. The number of thioether (sulfide) groups is 1. The molecule has 2 aromatic carbocycles. The van der Waals surface area contributed by atoms with Gasteiger partial charge in [0.1, 0.15) is 23.9 Å². The number of methoxy groups -OCH3 is 2. The highest BCUT2D eigenvalue weighted by Gasteiger charge is 2.37. The van der Waals surface area contributed by atoms with Gasteiger partial charge < -0.3 is 14.8 Å². The van der Waals surface area contributed by atoms with E-state index in [9.17, 15) is 9.59 Å². The van der Waals surface area contributed by atoms with Crippen LogP contribution in [-0.4, -0.2) is 54.7 Å². The van der Waals surface area contributed by atoms with E-state index in [1.807, 2.05) is 55.6 Å². The van der Waals surface area contributed by atoms with Gasteiger partial charge in [-0.15, -0.1) is 11.8 Å². The minimum atomic E-state index is -0.273. The third kappa shape index (κ3) is 5.77. The molecule has 37 heavy (non-hydrogen) atoms. The third-order valence-electron chi connectivity index (χ3n) is 6.42. The fraction of sp³-hybridized carbons (Fsp3) is 0.393. The average molecular weight is 523 g/mol. The maximum absolute atomic E-state index is 13.5. The van der Waals surface area contributed by atoms with E-state index in [0.29, 0.717) is 23.9 Å². The zero-order valence-electron chi connectivity index (χ0n) is 21.8. The first-order valence-electron chi connectivity index (χ1n) is 12.5. The van der Waals surface area contributed by atoms with E-state index in [1.165, 1.54) is 11.8 Å². The van der Waals surface area contributed by atoms with Gasteiger partial charge in [0.05, 0.1) is 30.9 Å². The Morgan fingerprint density at radius 2 is 1.92 bits per heavy atom. The van der Waals surface area contributed by atoms with E-state index in [2.05, 4.69) is 12.2 Å². The first kappa shape index (κ1) is 26.6. The average Bonchev–Trinajstić information content (AvgIpc) is 3.18. The molecular formula is C28H34N4O4S. The number of carbonyl (C=O) groups is 2. The SMILES string of the molecule is CCCCCNC(=O)CN1C(=O)CSC(c2cc(OC)ccc2OC)c2c(-c3ccccc3)nn(C)c21. The predicted molar refractivity (Wildman–Crippen MR) is 147 cm³/mol. The lowest BCUT2D eigenvalue weighted by molar-refractivity contribution is -0.122. The molecule has 8 nitrogen and oxygen atoms in total. The number of unbranched alkanes of at least 4 members (excludes halogenated alkanes) is 2. The number of aromatic nitrogens is 2. The molecule has 9 heteroatoms. The fourth-order valence-corrected chi connectivity index (χ4v) is 5.80. The number of nitrogens with one attached hydrogen (secondary N) is 1. The van der Waals surface area contributed by atoms with E-state index in [-0.39, 0.29) is 29.4 Å². The van der Waals surface area contributed by atoms with Crippen molar-refractivity contribution in [3.05, 3.63) is 59.7 Å². The summed E-state index contributed by atoms with van der Waals surface area (Å²) in [6.07, 6.45) is 3.04. The molecule has 3 aromatic rings. The second kappa shape index (κ2) is 12.2. The smallest absolute Gasteiger partial charge is 0.240 e. The third-order valence-corrected chi connectivity index (χ3v) is 7.65. The van der Waals surface area contributed by atoms with Gasteiger partial charge in [-0.05, 0) is 24.6 Å². The standard InChI is InChI=1S/C28H34N4O4S/c1-5-6-10-15-29-23(33)17-32-24(34)18-37-27(21-16-20(35-3)13-14-22(21)36-4)25-26(30-31(2)28(25)32)19-11-8-7-9-12-19/h7-9,11-14,16,27H,5-6,10,15,17-18H2,1-4H3,(H,29,33). The van der Waals surface area contributed by atoms with Crippen molar-refractivity contribution in [1.82, 2.24) is 15.1 Å². The quantitative estimate of drug-likeness (QED) is 0.393. The molecule has 2 heterocycles. The van der Waals surface area contributed by atoms with Crippen LogP contribution in [-0.2, 0) is 16.6 Å². The summed E-state index contributed by atoms with van der Waals surface area (Å²) in [6.45, 7) is 2.66. The molecule has 0 saturated heterocycles. The topological polar surface area (TPSA) is 85.7 Å². The summed E-state index contributed by atoms with van der Waals surface area (Å²) in [5.41, 5.74) is 3.46. The van der Waals surface area contributed by atoms with Crippen LogP contribution in [0.5, 0.6) is 11.5 Å². The molecule has 0 saturated carbocycles. The molecule has 4 rings (SSSR count). The summed E-state index contributed by atoms with van der Waals surface area (Å²) in [7, 11) is 5.08. The van der Waals surface area contributed by atoms with E-state index in [1.54, 1.807) is 23.8 Å². The highest BCUT2D eigenvalue weighted by atomic mass is 32.2. The minimum absolute atomic E-state index is 0.0613. The maximum atomic E-state index is 13.5. The number of nitrogens with zero attached hydrogens (tertiary/aromatic N) is 3. The summed E-state index contributed by atoms with van der Waals surface area (Å²) in [4.78, 5) is 27.9. The number of fused-ring (bicyclic) bond motifs is 1. The lowest BCUT2D eigenvalue weighted by Crippen LogP contribution is -2.42. The van der Waals surface area contributed by atoms with Crippen LogP contribution in [0.1, 0.15) is 42.6 Å². The van der Waals surface area contributed by atoms with Crippen LogP contribution in [0.2, 0.25) is 0 Å². The summed E-state index contributed by atoms with van der Waals surface area (Å²) in [5.74, 6) is 1.90. The van der Waals surface area contributed by atoms with Crippen molar-refractivity contribution in [2.75, 3.05) is 38.0 Å². The van der Waals surface area contributed by atoms with Crippen molar-refractivity contribution in [2.24, 2.45) is 7.05 Å². The fourth-order valence-electron chi connectivity index (χ4n) is 4.59. The van der Waals surface area contributed by atoms with Crippen molar-refractivity contribution in [1.29, 1.82) is 0 Å². The molecule has 196 valence electrons. The van der Waals surface area contributed by atoms with Crippen molar-refractivity contribution >= 4 is 29.4 Å². The number of benzene rings is 2. The summed E-state index contributed by atoms with van der Waals surface area (Å²) >= 11 is 1.50. The summed E-state index contributed by atoms with van der Waals surface area (Å²) < 4.78 is 13.0. The van der Waals surface area contributed by atoms with Crippen LogP contribution < -0.4 is 19.7 Å². The molecule has 1 aliphatic rings. The number of carbonyl (C=O) groups excluding carboxylic acids is 2. The predicted octanol–water partition coefficient (Wildman–Crippen LogP) is 4.58. The highest BCUT2D eigenvalue weighted by Crippen LogP contribution is 2.50. The lowest BCUT2D eigenvalue weighted by atomic mass is 9.98. The highest BCUT2D eigenvalue weighted by molar-refractivity contribution is 8.00. The number of aryl methyl sites for hydroxylation is 1. The molecule has 0 fully saturated rings. The Balaban J connectivity index is 1.83. The van der Waals surface area contributed by atoms with Gasteiger partial charge in [0.2, 0.25) is 11.8 Å². The molecule has 2 amide bonds. The van der Waals surface area contributed by atoms with Crippen LogP contribution in [0, 0.1) is 0 Å². The second-order valence-electron chi connectivity index (χ2n) is 8.91. The van der Waals surface area contributed by atoms with Gasteiger partial charge in [-0.25, -0.2) is 0 Å². The zero-order chi connectivity index (χ0) is 26.4. The lowest BCUT2D eigenvalue weighted by Gasteiger charge is -2.23. The van der Waals surface area contributed by atoms with Gasteiger partial charge in [-0.3, -0.25) is 19.2 Å². The maximum Gasteiger partial charge on any atom is 0.240 e. The Bertz CT molecular complexity index is 1240. The molecule has 0 bridgehead atoms. The Morgan fingerprint density at radius 1 is 1.14 bits per heavy atom. The van der Waals surface area contributed by atoms with Crippen molar-refractivity contribution in [3.8, 4) is 22.8 Å². The van der Waals surface area contributed by atoms with Gasteiger partial charge in [-0.1, -0.05) is 50.1 Å². The second-order valence-corrected chi connectivity index (χ2v) is 10.0. The molecule has 1 unspecified atom stereocenters. The number of amides is 2. The van der Waals surface area contributed by atoms with Crippen LogP contribution in [0.15, 0.2) is 48.5 Å². The van der Waals surface area contributed by atoms with Gasteiger partial charge in [-0.2, -0.15) is 5.10 Å². The van der Waals surface area contributed by atoms with Crippen LogP contribution in [0.4, 0.5) is 5.82 Å². The normalized spacial score (nSPS) is 15.2.